The second-order valence-electron chi connectivity index (χ2n) is 5.28. The number of nitrogens with zero attached hydrogens (tertiary/aromatic N) is 1. The SMILES string of the molecule is CCCCS(=O)(=O)N1CCC(C)(O)c2ccccc21. The van der Waals surface area contributed by atoms with Gasteiger partial charge in [-0.3, -0.25) is 4.31 Å². The van der Waals surface area contributed by atoms with E-state index in [0.29, 0.717) is 30.6 Å². The summed E-state index contributed by atoms with van der Waals surface area (Å²) in [5.41, 5.74) is 0.365. The van der Waals surface area contributed by atoms with Crippen LogP contribution in [0, 0.1) is 0 Å². The molecular formula is C14H21NO3S. The second kappa shape index (κ2) is 5.13. The zero-order valence-corrected chi connectivity index (χ0v) is 12.3. The van der Waals surface area contributed by atoms with E-state index in [1.165, 1.54) is 4.31 Å². The number of aliphatic hydroxyl groups is 1. The van der Waals surface area contributed by atoms with Crippen LogP contribution in [0.1, 0.15) is 38.7 Å². The lowest BCUT2D eigenvalue weighted by Gasteiger charge is -2.38. The number of sulfonamides is 1. The van der Waals surface area contributed by atoms with Gasteiger partial charge in [0.05, 0.1) is 17.0 Å². The van der Waals surface area contributed by atoms with Gasteiger partial charge in [0, 0.05) is 12.1 Å². The molecular weight excluding hydrogens is 262 g/mol. The lowest BCUT2D eigenvalue weighted by atomic mass is 9.88. The van der Waals surface area contributed by atoms with Crippen molar-refractivity contribution in [3.63, 3.8) is 0 Å². The molecule has 1 N–H and O–H groups in total. The standard InChI is InChI=1S/C14H21NO3S/c1-3-4-11-19(17,18)15-10-9-14(2,16)12-7-5-6-8-13(12)15/h5-8,16H,3-4,9-11H2,1-2H3. The summed E-state index contributed by atoms with van der Waals surface area (Å²) < 4.78 is 26.2. The van der Waals surface area contributed by atoms with Crippen molar-refractivity contribution in [2.75, 3.05) is 16.6 Å². The van der Waals surface area contributed by atoms with Gasteiger partial charge in [-0.15, -0.1) is 0 Å². The van der Waals surface area contributed by atoms with E-state index in [9.17, 15) is 13.5 Å². The van der Waals surface area contributed by atoms with Crippen molar-refractivity contribution in [1.29, 1.82) is 0 Å². The van der Waals surface area contributed by atoms with Gasteiger partial charge in [-0.25, -0.2) is 8.42 Å². The molecule has 1 aromatic rings. The minimum atomic E-state index is -3.29. The van der Waals surface area contributed by atoms with Gasteiger partial charge in [0.15, 0.2) is 0 Å². The largest absolute Gasteiger partial charge is 0.385 e. The highest BCUT2D eigenvalue weighted by Crippen LogP contribution is 2.39. The molecule has 1 aliphatic rings. The van der Waals surface area contributed by atoms with Crippen LogP contribution in [-0.4, -0.2) is 25.8 Å². The molecule has 0 bridgehead atoms. The minimum Gasteiger partial charge on any atom is -0.385 e. The van der Waals surface area contributed by atoms with E-state index >= 15 is 0 Å². The van der Waals surface area contributed by atoms with Crippen molar-refractivity contribution >= 4 is 15.7 Å². The number of hydrogen-bond donors (Lipinski definition) is 1. The number of hydrogen-bond acceptors (Lipinski definition) is 3. The van der Waals surface area contributed by atoms with Crippen molar-refractivity contribution in [3.8, 4) is 0 Å². The van der Waals surface area contributed by atoms with Gasteiger partial charge in [0.2, 0.25) is 10.0 Å². The molecule has 5 heteroatoms. The van der Waals surface area contributed by atoms with E-state index in [1.807, 2.05) is 19.1 Å². The number of unbranched alkanes of at least 4 members (excludes halogenated alkanes) is 1. The lowest BCUT2D eigenvalue weighted by Crippen LogP contribution is -2.43. The maximum Gasteiger partial charge on any atom is 0.235 e. The fourth-order valence-electron chi connectivity index (χ4n) is 2.45. The Hall–Kier alpha value is -1.07. The molecule has 0 saturated carbocycles. The molecule has 1 aliphatic heterocycles. The van der Waals surface area contributed by atoms with Crippen LogP contribution < -0.4 is 4.31 Å². The van der Waals surface area contributed by atoms with Crippen LogP contribution >= 0.6 is 0 Å². The van der Waals surface area contributed by atoms with Crippen molar-refractivity contribution < 1.29 is 13.5 Å². The van der Waals surface area contributed by atoms with Crippen LogP contribution in [0.2, 0.25) is 0 Å². The van der Waals surface area contributed by atoms with Gasteiger partial charge in [0.1, 0.15) is 0 Å². The molecule has 0 radical (unpaired) electrons. The molecule has 1 atom stereocenters. The van der Waals surface area contributed by atoms with Gasteiger partial charge in [-0.1, -0.05) is 31.5 Å². The Morgan fingerprint density at radius 1 is 1.37 bits per heavy atom. The van der Waals surface area contributed by atoms with Crippen LogP contribution in [0.25, 0.3) is 0 Å². The third kappa shape index (κ3) is 2.77. The van der Waals surface area contributed by atoms with Crippen molar-refractivity contribution in [2.24, 2.45) is 0 Å². The number of fused-ring (bicyclic) bond motifs is 1. The molecule has 1 unspecified atom stereocenters. The minimum absolute atomic E-state index is 0.167. The van der Waals surface area contributed by atoms with Crippen LogP contribution in [-0.2, 0) is 15.6 Å². The highest BCUT2D eigenvalue weighted by atomic mass is 32.2. The Kier molecular flexibility index (Phi) is 3.87. The van der Waals surface area contributed by atoms with Gasteiger partial charge in [-0.05, 0) is 25.8 Å². The van der Waals surface area contributed by atoms with E-state index in [4.69, 9.17) is 0 Å². The predicted molar refractivity (Wildman–Crippen MR) is 76.7 cm³/mol. The second-order valence-corrected chi connectivity index (χ2v) is 7.30. The van der Waals surface area contributed by atoms with E-state index in [1.54, 1.807) is 19.1 Å². The van der Waals surface area contributed by atoms with Crippen molar-refractivity contribution in [1.82, 2.24) is 0 Å². The average molecular weight is 283 g/mol. The zero-order valence-electron chi connectivity index (χ0n) is 11.5. The summed E-state index contributed by atoms with van der Waals surface area (Å²) in [5.74, 6) is 0.167. The van der Waals surface area contributed by atoms with Crippen LogP contribution in [0.5, 0.6) is 0 Å². The number of anilines is 1. The molecule has 1 heterocycles. The van der Waals surface area contributed by atoms with Gasteiger partial charge >= 0.3 is 0 Å². The molecule has 0 saturated heterocycles. The van der Waals surface area contributed by atoms with E-state index in [2.05, 4.69) is 0 Å². The summed E-state index contributed by atoms with van der Waals surface area (Å²) in [4.78, 5) is 0. The Balaban J connectivity index is 2.40. The maximum absolute atomic E-state index is 12.4. The first kappa shape index (κ1) is 14.3. The molecule has 2 rings (SSSR count). The van der Waals surface area contributed by atoms with Gasteiger partial charge in [0.25, 0.3) is 0 Å². The lowest BCUT2D eigenvalue weighted by molar-refractivity contribution is 0.0472. The third-order valence-corrected chi connectivity index (χ3v) is 5.50. The summed E-state index contributed by atoms with van der Waals surface area (Å²) >= 11 is 0. The summed E-state index contributed by atoms with van der Waals surface area (Å²) in [6, 6.07) is 7.21. The average Bonchev–Trinajstić information content (AvgIpc) is 2.36. The Morgan fingerprint density at radius 3 is 2.74 bits per heavy atom. The van der Waals surface area contributed by atoms with Gasteiger partial charge in [-0.2, -0.15) is 0 Å². The number of rotatable bonds is 4. The maximum atomic E-state index is 12.4. The molecule has 106 valence electrons. The summed E-state index contributed by atoms with van der Waals surface area (Å²) in [6.45, 7) is 4.06. The highest BCUT2D eigenvalue weighted by Gasteiger charge is 2.36. The van der Waals surface area contributed by atoms with E-state index < -0.39 is 15.6 Å². The first-order valence-electron chi connectivity index (χ1n) is 6.71. The first-order valence-corrected chi connectivity index (χ1v) is 8.32. The quantitative estimate of drug-likeness (QED) is 0.922. The van der Waals surface area contributed by atoms with E-state index in [0.717, 1.165) is 6.42 Å². The Labute approximate surface area is 115 Å². The van der Waals surface area contributed by atoms with Crippen molar-refractivity contribution in [2.45, 2.75) is 38.7 Å². The topological polar surface area (TPSA) is 57.6 Å². The Morgan fingerprint density at radius 2 is 2.05 bits per heavy atom. The molecule has 0 aliphatic carbocycles. The van der Waals surface area contributed by atoms with Crippen LogP contribution in [0.15, 0.2) is 24.3 Å². The number of benzene rings is 1. The molecule has 1 aromatic carbocycles. The molecule has 0 spiro atoms. The zero-order chi connectivity index (χ0) is 14.1. The smallest absolute Gasteiger partial charge is 0.235 e. The summed E-state index contributed by atoms with van der Waals surface area (Å²) in [6.07, 6.45) is 1.94. The Bertz CT molecular complexity index is 552. The number of para-hydroxylation sites is 1. The van der Waals surface area contributed by atoms with Crippen molar-refractivity contribution in [3.05, 3.63) is 29.8 Å². The highest BCUT2D eigenvalue weighted by molar-refractivity contribution is 7.92. The fraction of sp³-hybridized carbons (Fsp3) is 0.571. The summed E-state index contributed by atoms with van der Waals surface area (Å²) in [7, 11) is -3.29. The normalized spacial score (nSPS) is 23.2. The third-order valence-electron chi connectivity index (χ3n) is 3.65. The predicted octanol–water partition coefficient (Wildman–Crippen LogP) is 2.23. The van der Waals surface area contributed by atoms with Crippen LogP contribution in [0.3, 0.4) is 0 Å². The van der Waals surface area contributed by atoms with Crippen LogP contribution in [0.4, 0.5) is 5.69 Å². The van der Waals surface area contributed by atoms with Gasteiger partial charge < -0.3 is 5.11 Å². The van der Waals surface area contributed by atoms with E-state index in [-0.39, 0.29) is 5.75 Å². The molecule has 4 nitrogen and oxygen atoms in total. The monoisotopic (exact) mass is 283 g/mol. The summed E-state index contributed by atoms with van der Waals surface area (Å²) in [5, 5.41) is 10.4. The fourth-order valence-corrected chi connectivity index (χ4v) is 4.15. The molecule has 0 amide bonds. The molecule has 0 aromatic heterocycles. The molecule has 19 heavy (non-hydrogen) atoms. The molecule has 0 fully saturated rings. The first-order chi connectivity index (χ1) is 8.88.